The van der Waals surface area contributed by atoms with Crippen molar-refractivity contribution in [2.45, 2.75) is 13.0 Å². The second kappa shape index (κ2) is 9.09. The Morgan fingerprint density at radius 3 is 2.39 bits per heavy atom. The molecule has 154 valence electrons. The van der Waals surface area contributed by atoms with Gasteiger partial charge in [0.05, 0.1) is 24.2 Å². The van der Waals surface area contributed by atoms with Crippen molar-refractivity contribution in [1.82, 2.24) is 15.3 Å². The minimum atomic E-state index is -0.994. The molecule has 0 fully saturated rings. The molecule has 2 aromatic carbocycles. The van der Waals surface area contributed by atoms with Crippen molar-refractivity contribution in [2.75, 3.05) is 0 Å². The summed E-state index contributed by atoms with van der Waals surface area (Å²) in [6.07, 6.45) is 3.69. The van der Waals surface area contributed by atoms with Crippen LogP contribution < -0.4 is 5.32 Å². The Kier molecular flexibility index (Phi) is 5.89. The Bertz CT molecular complexity index is 1250. The SMILES string of the molecule is O=C(Cc1ccccc1)NCc1ccc2c(/C=C(\C(=O)O)c3ccccc3)c[nH]c2n1. The predicted octanol–water partition coefficient (Wildman–Crippen LogP) is 4.05. The molecule has 0 atom stereocenters. The van der Waals surface area contributed by atoms with Gasteiger partial charge in [-0.15, -0.1) is 0 Å². The van der Waals surface area contributed by atoms with E-state index in [-0.39, 0.29) is 11.5 Å². The van der Waals surface area contributed by atoms with Gasteiger partial charge in [-0.1, -0.05) is 60.7 Å². The van der Waals surface area contributed by atoms with E-state index >= 15 is 0 Å². The van der Waals surface area contributed by atoms with Crippen LogP contribution in [0.2, 0.25) is 0 Å². The Hall–Kier alpha value is -4.19. The third-order valence-electron chi connectivity index (χ3n) is 4.92. The van der Waals surface area contributed by atoms with E-state index in [1.807, 2.05) is 48.5 Å². The molecule has 0 aliphatic rings. The van der Waals surface area contributed by atoms with Crippen LogP contribution >= 0.6 is 0 Å². The summed E-state index contributed by atoms with van der Waals surface area (Å²) in [4.78, 5) is 31.6. The van der Waals surface area contributed by atoms with Crippen LogP contribution in [0.1, 0.15) is 22.4 Å². The lowest BCUT2D eigenvalue weighted by Crippen LogP contribution is -2.24. The molecule has 0 spiro atoms. The zero-order valence-corrected chi connectivity index (χ0v) is 16.7. The molecule has 4 rings (SSSR count). The monoisotopic (exact) mass is 411 g/mol. The molecule has 0 saturated heterocycles. The zero-order valence-electron chi connectivity index (χ0n) is 16.7. The van der Waals surface area contributed by atoms with E-state index < -0.39 is 5.97 Å². The summed E-state index contributed by atoms with van der Waals surface area (Å²) in [6, 6.07) is 22.3. The molecule has 3 N–H and O–H groups in total. The number of rotatable bonds is 7. The number of benzene rings is 2. The van der Waals surface area contributed by atoms with Crippen molar-refractivity contribution in [3.05, 3.63) is 101 Å². The number of nitrogens with zero attached hydrogens (tertiary/aromatic N) is 1. The highest BCUT2D eigenvalue weighted by molar-refractivity contribution is 6.21. The number of fused-ring (bicyclic) bond motifs is 1. The van der Waals surface area contributed by atoms with Crippen LogP contribution in [-0.2, 0) is 22.6 Å². The van der Waals surface area contributed by atoms with Gasteiger partial charge in [-0.05, 0) is 29.3 Å². The maximum atomic E-state index is 12.2. The van der Waals surface area contributed by atoms with Gasteiger partial charge in [0.25, 0.3) is 0 Å². The molecule has 0 saturated carbocycles. The van der Waals surface area contributed by atoms with Gasteiger partial charge in [0.1, 0.15) is 5.65 Å². The fourth-order valence-electron chi connectivity index (χ4n) is 3.36. The number of carbonyl (C=O) groups is 2. The average molecular weight is 411 g/mol. The minimum absolute atomic E-state index is 0.0721. The van der Waals surface area contributed by atoms with Crippen LogP contribution in [0, 0.1) is 0 Å². The number of carboxylic acids is 1. The summed E-state index contributed by atoms with van der Waals surface area (Å²) in [7, 11) is 0. The van der Waals surface area contributed by atoms with Crippen molar-refractivity contribution in [3.8, 4) is 0 Å². The summed E-state index contributed by atoms with van der Waals surface area (Å²) in [5.41, 5.74) is 3.89. The lowest BCUT2D eigenvalue weighted by molar-refractivity contribution is -0.130. The fraction of sp³-hybridized carbons (Fsp3) is 0.0800. The van der Waals surface area contributed by atoms with Gasteiger partial charge in [0.15, 0.2) is 0 Å². The summed E-state index contributed by atoms with van der Waals surface area (Å²) < 4.78 is 0. The van der Waals surface area contributed by atoms with Gasteiger partial charge in [-0.25, -0.2) is 9.78 Å². The Morgan fingerprint density at radius 2 is 1.68 bits per heavy atom. The van der Waals surface area contributed by atoms with Gasteiger partial charge in [0.2, 0.25) is 5.91 Å². The smallest absolute Gasteiger partial charge is 0.336 e. The second-order valence-electron chi connectivity index (χ2n) is 7.11. The van der Waals surface area contributed by atoms with E-state index in [1.165, 1.54) is 0 Å². The number of aliphatic carboxylic acids is 1. The van der Waals surface area contributed by atoms with Crippen molar-refractivity contribution >= 4 is 34.6 Å². The number of aromatic amines is 1. The number of pyridine rings is 1. The average Bonchev–Trinajstić information content (AvgIpc) is 3.19. The number of carbonyl (C=O) groups excluding carboxylic acids is 1. The summed E-state index contributed by atoms with van der Waals surface area (Å²) >= 11 is 0. The Balaban J connectivity index is 1.50. The third-order valence-corrected chi connectivity index (χ3v) is 4.92. The molecule has 0 radical (unpaired) electrons. The molecule has 1 amide bonds. The van der Waals surface area contributed by atoms with Gasteiger partial charge in [0, 0.05) is 17.1 Å². The molecule has 0 bridgehead atoms. The number of H-pyrrole nitrogens is 1. The van der Waals surface area contributed by atoms with Crippen molar-refractivity contribution in [3.63, 3.8) is 0 Å². The second-order valence-corrected chi connectivity index (χ2v) is 7.11. The van der Waals surface area contributed by atoms with Gasteiger partial charge < -0.3 is 15.4 Å². The first-order valence-corrected chi connectivity index (χ1v) is 9.88. The third kappa shape index (κ3) is 4.87. The molecule has 4 aromatic rings. The zero-order chi connectivity index (χ0) is 21.6. The highest BCUT2D eigenvalue weighted by Gasteiger charge is 2.12. The molecule has 0 unspecified atom stereocenters. The lowest BCUT2D eigenvalue weighted by atomic mass is 10.0. The van der Waals surface area contributed by atoms with E-state index in [2.05, 4.69) is 15.3 Å². The topological polar surface area (TPSA) is 95.1 Å². The number of amides is 1. The van der Waals surface area contributed by atoms with Crippen LogP contribution in [0.25, 0.3) is 22.7 Å². The van der Waals surface area contributed by atoms with E-state index in [9.17, 15) is 14.7 Å². The lowest BCUT2D eigenvalue weighted by Gasteiger charge is -2.05. The van der Waals surface area contributed by atoms with E-state index in [4.69, 9.17) is 0 Å². The number of hydrogen-bond donors (Lipinski definition) is 3. The molecular weight excluding hydrogens is 390 g/mol. The first-order chi connectivity index (χ1) is 15.1. The molecule has 2 aromatic heterocycles. The quantitative estimate of drug-likeness (QED) is 0.400. The molecule has 6 nitrogen and oxygen atoms in total. The van der Waals surface area contributed by atoms with E-state index in [0.29, 0.717) is 29.9 Å². The molecule has 6 heteroatoms. The molecule has 0 aliphatic carbocycles. The molecule has 0 aliphatic heterocycles. The van der Waals surface area contributed by atoms with Crippen molar-refractivity contribution < 1.29 is 14.7 Å². The highest BCUT2D eigenvalue weighted by atomic mass is 16.4. The van der Waals surface area contributed by atoms with E-state index in [1.54, 1.807) is 36.5 Å². The minimum Gasteiger partial charge on any atom is -0.478 e. The predicted molar refractivity (Wildman–Crippen MR) is 120 cm³/mol. The number of aromatic nitrogens is 2. The van der Waals surface area contributed by atoms with Crippen LogP contribution in [0.4, 0.5) is 0 Å². The van der Waals surface area contributed by atoms with Crippen LogP contribution in [0.3, 0.4) is 0 Å². The molecule has 31 heavy (non-hydrogen) atoms. The van der Waals surface area contributed by atoms with Gasteiger partial charge in [-0.3, -0.25) is 4.79 Å². The summed E-state index contributed by atoms with van der Waals surface area (Å²) in [6.45, 7) is 0.316. The number of carboxylic acid groups (broad SMARTS) is 1. The fourth-order valence-corrected chi connectivity index (χ4v) is 3.36. The summed E-state index contributed by atoms with van der Waals surface area (Å²) in [5.74, 6) is -1.07. The summed E-state index contributed by atoms with van der Waals surface area (Å²) in [5, 5.41) is 13.3. The maximum Gasteiger partial charge on any atom is 0.336 e. The van der Waals surface area contributed by atoms with Crippen LogP contribution in [-0.4, -0.2) is 27.0 Å². The first kappa shape index (κ1) is 20.1. The first-order valence-electron chi connectivity index (χ1n) is 9.88. The van der Waals surface area contributed by atoms with Gasteiger partial charge in [-0.2, -0.15) is 0 Å². The number of nitrogens with one attached hydrogen (secondary N) is 2. The maximum absolute atomic E-state index is 12.2. The molecule has 2 heterocycles. The highest BCUT2D eigenvalue weighted by Crippen LogP contribution is 2.24. The van der Waals surface area contributed by atoms with Crippen molar-refractivity contribution in [1.29, 1.82) is 0 Å². The standard InChI is InChI=1S/C25H21N3O3/c29-23(13-17-7-3-1-4-8-17)26-16-20-11-12-21-19(15-27-24(21)28-20)14-22(25(30)31)18-9-5-2-6-10-18/h1-12,14-15H,13,16H2,(H,26,29)(H,27,28)(H,30,31)/b22-14-. The van der Waals surface area contributed by atoms with Crippen LogP contribution in [0.15, 0.2) is 79.0 Å². The largest absolute Gasteiger partial charge is 0.478 e. The Labute approximate surface area is 179 Å². The van der Waals surface area contributed by atoms with Crippen LogP contribution in [0.5, 0.6) is 0 Å². The van der Waals surface area contributed by atoms with Crippen molar-refractivity contribution in [2.24, 2.45) is 0 Å². The van der Waals surface area contributed by atoms with E-state index in [0.717, 1.165) is 16.5 Å². The van der Waals surface area contributed by atoms with Gasteiger partial charge >= 0.3 is 5.97 Å². The normalized spacial score (nSPS) is 11.4. The Morgan fingerprint density at radius 1 is 0.968 bits per heavy atom. The number of hydrogen-bond acceptors (Lipinski definition) is 3. The molecular formula is C25H21N3O3.